The molecule has 0 saturated carbocycles. The molecule has 1 aliphatic heterocycles. The lowest BCUT2D eigenvalue weighted by Crippen LogP contribution is -2.48. The molecule has 164 valence electrons. The molecule has 1 saturated heterocycles. The summed E-state index contributed by atoms with van der Waals surface area (Å²) in [5.41, 5.74) is 1.72. The Morgan fingerprint density at radius 2 is 1.73 bits per heavy atom. The van der Waals surface area contributed by atoms with Crippen LogP contribution in [0.2, 0.25) is 0 Å². The van der Waals surface area contributed by atoms with Gasteiger partial charge in [0.1, 0.15) is 17.3 Å². The molecule has 0 radical (unpaired) electrons. The van der Waals surface area contributed by atoms with Gasteiger partial charge in [0.25, 0.3) is 0 Å². The van der Waals surface area contributed by atoms with Crippen molar-refractivity contribution >= 4 is 35.6 Å². The van der Waals surface area contributed by atoms with Crippen molar-refractivity contribution in [1.82, 2.24) is 10.6 Å². The Morgan fingerprint density at radius 1 is 1.10 bits per heavy atom. The Bertz CT molecular complexity index is 819. The minimum Gasteiger partial charge on any atom is -0.497 e. The summed E-state index contributed by atoms with van der Waals surface area (Å²) < 4.78 is 24.5. The quantitative estimate of drug-likeness (QED) is 0.340. The molecule has 30 heavy (non-hydrogen) atoms. The minimum absolute atomic E-state index is 0. The Balaban J connectivity index is 0.00000320. The van der Waals surface area contributed by atoms with Crippen molar-refractivity contribution in [2.24, 2.45) is 4.99 Å². The van der Waals surface area contributed by atoms with E-state index in [0.29, 0.717) is 24.1 Å². The molecule has 8 heteroatoms. The fourth-order valence-corrected chi connectivity index (χ4v) is 3.47. The normalized spacial score (nSPS) is 14.7. The predicted octanol–water partition coefficient (Wildman–Crippen LogP) is 3.79. The van der Waals surface area contributed by atoms with Crippen LogP contribution in [0.15, 0.2) is 47.5 Å². The molecule has 1 heterocycles. The fraction of sp³-hybridized carbons (Fsp3) is 0.409. The molecule has 1 aliphatic rings. The summed E-state index contributed by atoms with van der Waals surface area (Å²) in [5, 5.41) is 6.65. The first-order chi connectivity index (χ1) is 14.1. The molecule has 3 rings (SSSR count). The van der Waals surface area contributed by atoms with E-state index in [9.17, 15) is 4.39 Å². The van der Waals surface area contributed by atoms with Gasteiger partial charge in [-0.2, -0.15) is 0 Å². The molecule has 2 N–H and O–H groups in total. The van der Waals surface area contributed by atoms with Gasteiger partial charge >= 0.3 is 0 Å². The molecule has 0 spiro atoms. The van der Waals surface area contributed by atoms with Crippen molar-refractivity contribution in [3.63, 3.8) is 0 Å². The molecule has 0 aliphatic carbocycles. The number of hydrogen-bond acceptors (Lipinski definition) is 4. The molecular formula is C22H30FIN4O2. The van der Waals surface area contributed by atoms with Crippen molar-refractivity contribution in [2.75, 3.05) is 39.3 Å². The monoisotopic (exact) mass is 528 g/mol. The zero-order chi connectivity index (χ0) is 20.6. The summed E-state index contributed by atoms with van der Waals surface area (Å²) in [5.74, 6) is 2.06. The number of benzene rings is 2. The number of rotatable bonds is 6. The molecule has 0 bridgehead atoms. The highest BCUT2D eigenvalue weighted by molar-refractivity contribution is 14.0. The van der Waals surface area contributed by atoms with Crippen LogP contribution >= 0.6 is 24.0 Å². The summed E-state index contributed by atoms with van der Waals surface area (Å²) in [6.45, 7) is 2.23. The summed E-state index contributed by atoms with van der Waals surface area (Å²) >= 11 is 0. The van der Waals surface area contributed by atoms with Crippen LogP contribution in [0.3, 0.4) is 0 Å². The number of ether oxygens (including phenoxy) is 2. The van der Waals surface area contributed by atoms with Crippen LogP contribution in [0.5, 0.6) is 11.5 Å². The average molecular weight is 528 g/mol. The van der Waals surface area contributed by atoms with Crippen LogP contribution in [0.25, 0.3) is 0 Å². The number of aliphatic imine (C=N–C) groups is 1. The minimum atomic E-state index is -0.211. The van der Waals surface area contributed by atoms with Gasteiger partial charge in [-0.25, -0.2) is 4.39 Å². The van der Waals surface area contributed by atoms with E-state index >= 15 is 0 Å². The van der Waals surface area contributed by atoms with E-state index in [1.807, 2.05) is 24.3 Å². The summed E-state index contributed by atoms with van der Waals surface area (Å²) in [6, 6.07) is 13.0. The molecule has 2 aromatic rings. The van der Waals surface area contributed by atoms with Crippen molar-refractivity contribution in [2.45, 2.75) is 25.4 Å². The smallest absolute Gasteiger partial charge is 0.191 e. The number of nitrogens with zero attached hydrogens (tertiary/aromatic N) is 2. The number of methoxy groups -OCH3 is 2. The van der Waals surface area contributed by atoms with Crippen molar-refractivity contribution < 1.29 is 13.9 Å². The third-order valence-electron chi connectivity index (χ3n) is 5.16. The molecule has 0 aromatic heterocycles. The molecule has 0 unspecified atom stereocenters. The maximum atomic E-state index is 13.8. The summed E-state index contributed by atoms with van der Waals surface area (Å²) in [7, 11) is 5.05. The van der Waals surface area contributed by atoms with E-state index in [1.54, 1.807) is 33.4 Å². The van der Waals surface area contributed by atoms with E-state index in [1.165, 1.54) is 6.07 Å². The molecular weight excluding hydrogens is 498 g/mol. The zero-order valence-electron chi connectivity index (χ0n) is 17.7. The van der Waals surface area contributed by atoms with Crippen molar-refractivity contribution in [1.29, 1.82) is 0 Å². The number of anilines is 1. The van der Waals surface area contributed by atoms with Crippen LogP contribution in [-0.4, -0.2) is 46.4 Å². The highest BCUT2D eigenvalue weighted by atomic mass is 127. The lowest BCUT2D eigenvalue weighted by Gasteiger charge is -2.34. The first kappa shape index (κ1) is 24.0. The number of halogens is 2. The van der Waals surface area contributed by atoms with E-state index < -0.39 is 0 Å². The first-order valence-corrected chi connectivity index (χ1v) is 9.81. The second-order valence-electron chi connectivity index (χ2n) is 6.99. The Labute approximate surface area is 194 Å². The topological polar surface area (TPSA) is 58.1 Å². The Morgan fingerprint density at radius 3 is 2.30 bits per heavy atom. The van der Waals surface area contributed by atoms with E-state index in [-0.39, 0.29) is 29.8 Å². The maximum absolute atomic E-state index is 13.8. The van der Waals surface area contributed by atoms with Crippen LogP contribution in [0, 0.1) is 5.82 Å². The number of nitrogens with one attached hydrogen (secondary N) is 2. The SMILES string of the molecule is CN=C(NCc1ccccc1F)NC1CCN(c2cc(OC)cc(OC)c2)CC1.I. The van der Waals surface area contributed by atoms with Gasteiger partial charge in [0.15, 0.2) is 5.96 Å². The van der Waals surface area contributed by atoms with Gasteiger partial charge in [0, 0.05) is 62.2 Å². The molecule has 2 aromatic carbocycles. The van der Waals surface area contributed by atoms with Crippen molar-refractivity contribution in [3.05, 3.63) is 53.8 Å². The van der Waals surface area contributed by atoms with Gasteiger partial charge in [-0.3, -0.25) is 4.99 Å². The summed E-state index contributed by atoms with van der Waals surface area (Å²) in [4.78, 5) is 6.61. The first-order valence-electron chi connectivity index (χ1n) is 9.81. The van der Waals surface area contributed by atoms with Gasteiger partial charge in [0.2, 0.25) is 0 Å². The van der Waals surface area contributed by atoms with Gasteiger partial charge in [-0.15, -0.1) is 24.0 Å². The highest BCUT2D eigenvalue weighted by Gasteiger charge is 2.21. The van der Waals surface area contributed by atoms with E-state index in [0.717, 1.165) is 43.1 Å². The van der Waals surface area contributed by atoms with Gasteiger partial charge in [-0.05, 0) is 18.9 Å². The number of piperidine rings is 1. The Kier molecular flexibility index (Phi) is 9.48. The lowest BCUT2D eigenvalue weighted by atomic mass is 10.0. The fourth-order valence-electron chi connectivity index (χ4n) is 3.47. The van der Waals surface area contributed by atoms with Gasteiger partial charge < -0.3 is 25.0 Å². The summed E-state index contributed by atoms with van der Waals surface area (Å²) in [6.07, 6.45) is 1.94. The second kappa shape index (κ2) is 11.8. The lowest BCUT2D eigenvalue weighted by molar-refractivity contribution is 0.393. The molecule has 1 fully saturated rings. The van der Waals surface area contributed by atoms with Crippen LogP contribution in [0.4, 0.5) is 10.1 Å². The van der Waals surface area contributed by atoms with Gasteiger partial charge in [-0.1, -0.05) is 18.2 Å². The largest absolute Gasteiger partial charge is 0.497 e. The zero-order valence-corrected chi connectivity index (χ0v) is 20.0. The van der Waals surface area contributed by atoms with Crippen LogP contribution < -0.4 is 25.0 Å². The highest BCUT2D eigenvalue weighted by Crippen LogP contribution is 2.30. The maximum Gasteiger partial charge on any atom is 0.191 e. The third-order valence-corrected chi connectivity index (χ3v) is 5.16. The standard InChI is InChI=1S/C22H29FN4O2.HI/c1-24-22(25-15-16-6-4-5-7-21(16)23)26-17-8-10-27(11-9-17)18-12-19(28-2)14-20(13-18)29-3;/h4-7,12-14,17H,8-11,15H2,1-3H3,(H2,24,25,26);1H. The molecule has 6 nitrogen and oxygen atoms in total. The van der Waals surface area contributed by atoms with E-state index in [2.05, 4.69) is 20.5 Å². The number of guanidine groups is 1. The average Bonchev–Trinajstić information content (AvgIpc) is 2.77. The van der Waals surface area contributed by atoms with Crippen LogP contribution in [-0.2, 0) is 6.54 Å². The third kappa shape index (κ3) is 6.38. The molecule has 0 amide bonds. The Hall–Kier alpha value is -2.23. The van der Waals surface area contributed by atoms with Crippen molar-refractivity contribution in [3.8, 4) is 11.5 Å². The second-order valence-corrected chi connectivity index (χ2v) is 6.99. The number of hydrogen-bond donors (Lipinski definition) is 2. The van der Waals surface area contributed by atoms with Crippen LogP contribution in [0.1, 0.15) is 18.4 Å². The van der Waals surface area contributed by atoms with E-state index in [4.69, 9.17) is 9.47 Å². The van der Waals surface area contributed by atoms with Gasteiger partial charge in [0.05, 0.1) is 14.2 Å². The predicted molar refractivity (Wildman–Crippen MR) is 130 cm³/mol. The molecule has 0 atom stereocenters.